The number of amides is 2. The highest BCUT2D eigenvalue weighted by molar-refractivity contribution is 6.74. The molecule has 2 atom stereocenters. The van der Waals surface area contributed by atoms with Crippen molar-refractivity contribution in [2.45, 2.75) is 76.4 Å². The lowest BCUT2D eigenvalue weighted by Gasteiger charge is -2.47. The minimum Gasteiger partial charge on any atom is -0.496 e. The molecule has 212 valence electrons. The number of halogens is 1. The molecule has 2 aliphatic rings. The molecule has 0 aliphatic carbocycles. The van der Waals surface area contributed by atoms with Crippen molar-refractivity contribution in [2.75, 3.05) is 33.1 Å². The second-order valence-electron chi connectivity index (χ2n) is 12.4. The lowest BCUT2D eigenvalue weighted by Crippen LogP contribution is -2.61. The maximum atomic E-state index is 14.8. The molecule has 4 rings (SSSR count). The molecule has 2 aromatic carbocycles. The molecule has 0 bridgehead atoms. The topological polar surface area (TPSA) is 71.1 Å². The van der Waals surface area contributed by atoms with Gasteiger partial charge in [0.25, 0.3) is 5.91 Å². The third kappa shape index (κ3) is 5.12. The summed E-state index contributed by atoms with van der Waals surface area (Å²) in [6.07, 6.45) is 2.28. The zero-order valence-corrected chi connectivity index (χ0v) is 25.5. The van der Waals surface area contributed by atoms with E-state index in [0.717, 1.165) is 18.4 Å². The van der Waals surface area contributed by atoms with Crippen LogP contribution in [0.15, 0.2) is 36.4 Å². The summed E-state index contributed by atoms with van der Waals surface area (Å²) in [6, 6.07) is 9.53. The van der Waals surface area contributed by atoms with Gasteiger partial charge in [-0.3, -0.25) is 14.5 Å². The number of hydrogen-bond acceptors (Lipinski definition) is 5. The number of anilines is 1. The van der Waals surface area contributed by atoms with Crippen molar-refractivity contribution in [3.05, 3.63) is 58.9 Å². The summed E-state index contributed by atoms with van der Waals surface area (Å²) in [4.78, 5) is 31.3. The summed E-state index contributed by atoms with van der Waals surface area (Å²) in [5, 5.41) is 3.04. The largest absolute Gasteiger partial charge is 0.496 e. The predicted octanol–water partition coefficient (Wildman–Crippen LogP) is 5.49. The molecule has 2 heterocycles. The number of carbonyl (C=O) groups is 2. The Balaban J connectivity index is 1.94. The summed E-state index contributed by atoms with van der Waals surface area (Å²) in [7, 11) is 2.97. The van der Waals surface area contributed by atoms with Gasteiger partial charge in [-0.2, -0.15) is 0 Å². The average Bonchev–Trinajstić information content (AvgIpc) is 3.17. The summed E-state index contributed by atoms with van der Waals surface area (Å²) >= 11 is 0. The first-order valence-electron chi connectivity index (χ1n) is 13.6. The van der Waals surface area contributed by atoms with Crippen molar-refractivity contribution in [3.8, 4) is 5.75 Å². The number of nitrogens with one attached hydrogen (secondary N) is 1. The minimum absolute atomic E-state index is 0.0406. The van der Waals surface area contributed by atoms with E-state index in [2.05, 4.69) is 39.2 Å². The van der Waals surface area contributed by atoms with E-state index in [1.54, 1.807) is 32.2 Å². The molecule has 7 nitrogen and oxygen atoms in total. The molecule has 2 amide bonds. The van der Waals surface area contributed by atoms with Crippen LogP contribution in [0.25, 0.3) is 0 Å². The number of fused-ring (bicyclic) bond motifs is 1. The number of benzene rings is 2. The van der Waals surface area contributed by atoms with Crippen molar-refractivity contribution in [2.24, 2.45) is 0 Å². The van der Waals surface area contributed by atoms with Crippen molar-refractivity contribution in [1.29, 1.82) is 0 Å². The van der Waals surface area contributed by atoms with Gasteiger partial charge in [0.2, 0.25) is 5.91 Å². The highest BCUT2D eigenvalue weighted by atomic mass is 28.4. The fraction of sp³-hybridized carbons (Fsp3) is 0.533. The van der Waals surface area contributed by atoms with E-state index in [9.17, 15) is 14.0 Å². The molecular weight excluding hydrogens is 513 g/mol. The van der Waals surface area contributed by atoms with Crippen LogP contribution in [0.1, 0.15) is 56.7 Å². The van der Waals surface area contributed by atoms with Gasteiger partial charge in [-0.1, -0.05) is 33.3 Å². The summed E-state index contributed by atoms with van der Waals surface area (Å²) in [5.74, 6) is -0.344. The smallest absolute Gasteiger partial charge is 0.254 e. The van der Waals surface area contributed by atoms with Crippen LogP contribution < -0.4 is 10.1 Å². The van der Waals surface area contributed by atoms with Crippen LogP contribution in [0.5, 0.6) is 5.75 Å². The number of piperidine rings is 1. The molecule has 9 heteroatoms. The number of likely N-dealkylation sites (N-methyl/N-ethyl adjacent to an activating group) is 1. The third-order valence-electron chi connectivity index (χ3n) is 8.67. The van der Waals surface area contributed by atoms with E-state index < -0.39 is 25.7 Å². The number of nitrogens with zero attached hydrogens (tertiary/aromatic N) is 2. The second kappa shape index (κ2) is 10.7. The number of likely N-dealkylation sites (tertiary alicyclic amines) is 1. The van der Waals surface area contributed by atoms with Gasteiger partial charge in [0.1, 0.15) is 11.6 Å². The molecule has 39 heavy (non-hydrogen) atoms. The van der Waals surface area contributed by atoms with Gasteiger partial charge in [-0.05, 0) is 66.9 Å². The van der Waals surface area contributed by atoms with Gasteiger partial charge in [-0.25, -0.2) is 4.39 Å². The lowest BCUT2D eigenvalue weighted by atomic mass is 9.78. The Bertz CT molecular complexity index is 1260. The Morgan fingerprint density at radius 1 is 1.15 bits per heavy atom. The Morgan fingerprint density at radius 2 is 1.87 bits per heavy atom. The Labute approximate surface area is 232 Å². The molecule has 0 saturated carbocycles. The third-order valence-corrected chi connectivity index (χ3v) is 13.1. The van der Waals surface area contributed by atoms with Gasteiger partial charge in [0, 0.05) is 37.5 Å². The Morgan fingerprint density at radius 3 is 2.51 bits per heavy atom. The first-order valence-corrected chi connectivity index (χ1v) is 16.6. The summed E-state index contributed by atoms with van der Waals surface area (Å²) in [6.45, 7) is 11.9. The van der Waals surface area contributed by atoms with E-state index in [1.165, 1.54) is 12.1 Å². The van der Waals surface area contributed by atoms with Crippen LogP contribution in [0.3, 0.4) is 0 Å². The average molecular weight is 556 g/mol. The van der Waals surface area contributed by atoms with E-state index in [4.69, 9.17) is 9.16 Å². The second-order valence-corrected chi connectivity index (χ2v) is 17.2. The Kier molecular flexibility index (Phi) is 8.00. The van der Waals surface area contributed by atoms with Crippen molar-refractivity contribution < 1.29 is 23.1 Å². The molecule has 0 spiro atoms. The number of ether oxygens (including phenoxy) is 1. The van der Waals surface area contributed by atoms with Crippen molar-refractivity contribution in [3.63, 3.8) is 0 Å². The first kappa shape index (κ1) is 29.2. The van der Waals surface area contributed by atoms with Crippen LogP contribution in [0.4, 0.5) is 10.1 Å². The van der Waals surface area contributed by atoms with Crippen LogP contribution in [-0.2, 0) is 26.2 Å². The SMILES string of the molecule is COc1ccc(CO[Si](C)(C)C(C)(C)C)cc1C1(N2CCCC[C@H]2C(=O)N(C)C)C(=O)Nc2ccc(F)cc21. The van der Waals surface area contributed by atoms with Crippen LogP contribution >= 0.6 is 0 Å². The fourth-order valence-corrected chi connectivity index (χ4v) is 6.42. The monoisotopic (exact) mass is 555 g/mol. The zero-order valence-electron chi connectivity index (χ0n) is 24.5. The van der Waals surface area contributed by atoms with E-state index in [-0.39, 0.29) is 16.9 Å². The molecule has 2 aliphatic heterocycles. The number of hydrogen-bond donors (Lipinski definition) is 1. The molecule has 0 aromatic heterocycles. The van der Waals surface area contributed by atoms with Gasteiger partial charge >= 0.3 is 0 Å². The maximum Gasteiger partial charge on any atom is 0.254 e. The van der Waals surface area contributed by atoms with E-state index in [0.29, 0.717) is 42.1 Å². The number of rotatable bonds is 7. The van der Waals surface area contributed by atoms with Gasteiger partial charge < -0.3 is 19.4 Å². The highest BCUT2D eigenvalue weighted by Gasteiger charge is 2.57. The molecular formula is C30H42FN3O4Si. The Hall–Kier alpha value is -2.75. The number of carbonyl (C=O) groups excluding carboxylic acids is 2. The number of methoxy groups -OCH3 is 1. The maximum absolute atomic E-state index is 14.8. The summed E-state index contributed by atoms with van der Waals surface area (Å²) in [5.41, 5.74) is 1.05. The van der Waals surface area contributed by atoms with Crippen molar-refractivity contribution >= 4 is 25.8 Å². The molecule has 1 fully saturated rings. The van der Waals surface area contributed by atoms with Crippen LogP contribution in [0, 0.1) is 5.82 Å². The van der Waals surface area contributed by atoms with Gasteiger partial charge in [-0.15, -0.1) is 0 Å². The normalized spacial score (nSPS) is 21.9. The van der Waals surface area contributed by atoms with Gasteiger partial charge in [0.15, 0.2) is 13.9 Å². The lowest BCUT2D eigenvalue weighted by molar-refractivity contribution is -0.142. The summed E-state index contributed by atoms with van der Waals surface area (Å²) < 4.78 is 27.2. The zero-order chi connectivity index (χ0) is 28.8. The molecule has 1 saturated heterocycles. The first-order chi connectivity index (χ1) is 18.2. The quantitative estimate of drug-likeness (QED) is 0.457. The molecule has 1 unspecified atom stereocenters. The standard InChI is InChI=1S/C30H42FN3O4Si/c1-29(2,3)39(7,8)38-19-20-12-15-26(37-6)23(17-20)30(22-18-21(31)13-14-24(22)32-28(30)36)34-16-10-9-11-25(34)27(35)33(4)5/h12-15,17-18,25H,9-11,16,19H2,1-8H3,(H,32,36)/t25-,30?/m0/s1. The minimum atomic E-state index is -2.05. The molecule has 1 N–H and O–H groups in total. The van der Waals surface area contributed by atoms with Gasteiger partial charge in [0.05, 0.1) is 19.8 Å². The highest BCUT2D eigenvalue weighted by Crippen LogP contribution is 2.51. The van der Waals surface area contributed by atoms with Crippen molar-refractivity contribution in [1.82, 2.24) is 9.80 Å². The van der Waals surface area contributed by atoms with E-state index >= 15 is 0 Å². The molecule has 0 radical (unpaired) electrons. The van der Waals surface area contributed by atoms with Crippen LogP contribution in [0.2, 0.25) is 18.1 Å². The fourth-order valence-electron chi connectivity index (χ4n) is 5.46. The van der Waals surface area contributed by atoms with Crippen LogP contribution in [-0.4, -0.2) is 63.7 Å². The van der Waals surface area contributed by atoms with E-state index in [1.807, 2.05) is 23.1 Å². The predicted molar refractivity (Wildman–Crippen MR) is 154 cm³/mol. The molecule has 2 aromatic rings.